The van der Waals surface area contributed by atoms with Gasteiger partial charge in [0.05, 0.1) is 4.47 Å². The summed E-state index contributed by atoms with van der Waals surface area (Å²) in [6.07, 6.45) is -0.993. The Morgan fingerprint density at radius 3 is 2.87 bits per heavy atom. The van der Waals surface area contributed by atoms with Gasteiger partial charge in [0.2, 0.25) is 5.78 Å². The lowest BCUT2D eigenvalue weighted by atomic mass is 10.1. The molecule has 1 rings (SSSR count). The van der Waals surface area contributed by atoms with Gasteiger partial charge in [-0.1, -0.05) is 0 Å². The second-order valence-electron chi connectivity index (χ2n) is 2.87. The molecule has 0 aliphatic heterocycles. The highest BCUT2D eigenvalue weighted by Gasteiger charge is 2.16. The third kappa shape index (κ3) is 3.09. The summed E-state index contributed by atoms with van der Waals surface area (Å²) in [6.45, 7) is 2.10. The maximum Gasteiger partial charge on any atom is 0.206 e. The van der Waals surface area contributed by atoms with E-state index < -0.39 is 12.0 Å². The lowest BCUT2D eigenvalue weighted by Crippen LogP contribution is -2.33. The van der Waals surface area contributed by atoms with Crippen LogP contribution in [0, 0.1) is 5.82 Å². The maximum atomic E-state index is 12.9. The molecule has 15 heavy (non-hydrogen) atoms. The summed E-state index contributed by atoms with van der Waals surface area (Å²) in [5, 5.41) is 0. The quantitative estimate of drug-likeness (QED) is 0.676. The number of halogens is 2. The predicted octanol–water partition coefficient (Wildman–Crippen LogP) is 2.09. The van der Waals surface area contributed by atoms with Gasteiger partial charge >= 0.3 is 0 Å². The highest BCUT2D eigenvalue weighted by Crippen LogP contribution is 2.17. The summed E-state index contributed by atoms with van der Waals surface area (Å²) >= 11 is 2.99. The van der Waals surface area contributed by atoms with Crippen LogP contribution < -0.4 is 5.73 Å². The largest absolute Gasteiger partial charge is 0.356 e. The lowest BCUT2D eigenvalue weighted by molar-refractivity contribution is 0.0479. The van der Waals surface area contributed by atoms with Crippen LogP contribution in [-0.2, 0) is 4.74 Å². The predicted molar refractivity (Wildman–Crippen MR) is 58.0 cm³/mol. The van der Waals surface area contributed by atoms with Gasteiger partial charge in [-0.3, -0.25) is 10.5 Å². The molecule has 0 amide bonds. The highest BCUT2D eigenvalue weighted by atomic mass is 79.9. The van der Waals surface area contributed by atoms with Crippen molar-refractivity contribution >= 4 is 21.7 Å². The first-order valence-corrected chi connectivity index (χ1v) is 5.22. The molecule has 1 aromatic carbocycles. The van der Waals surface area contributed by atoms with Gasteiger partial charge in [0, 0.05) is 12.2 Å². The van der Waals surface area contributed by atoms with Gasteiger partial charge in [-0.15, -0.1) is 0 Å². The van der Waals surface area contributed by atoms with E-state index in [0.29, 0.717) is 12.2 Å². The fourth-order valence-electron chi connectivity index (χ4n) is 1.07. The number of ether oxygens (including phenoxy) is 1. The Kier molecular flexibility index (Phi) is 4.38. The van der Waals surface area contributed by atoms with E-state index in [0.717, 1.165) is 0 Å². The number of carbonyl (C=O) groups is 1. The highest BCUT2D eigenvalue weighted by molar-refractivity contribution is 9.10. The van der Waals surface area contributed by atoms with Crippen molar-refractivity contribution in [3.63, 3.8) is 0 Å². The standard InChI is InChI=1S/C10H11BrFNO2/c1-2-15-10(13)9(14)6-3-4-8(12)7(11)5-6/h3-5,10H,2,13H2,1H3. The van der Waals surface area contributed by atoms with Gasteiger partial charge in [0.15, 0.2) is 6.23 Å². The van der Waals surface area contributed by atoms with Crippen molar-refractivity contribution in [2.45, 2.75) is 13.2 Å². The summed E-state index contributed by atoms with van der Waals surface area (Å²) in [6, 6.07) is 3.97. The minimum absolute atomic E-state index is 0.233. The third-order valence-corrected chi connectivity index (χ3v) is 2.42. The third-order valence-electron chi connectivity index (χ3n) is 1.81. The van der Waals surface area contributed by atoms with E-state index in [9.17, 15) is 9.18 Å². The molecule has 0 fully saturated rings. The maximum absolute atomic E-state index is 12.9. The van der Waals surface area contributed by atoms with Crippen LogP contribution in [-0.4, -0.2) is 18.6 Å². The Bertz CT molecular complexity index is 370. The van der Waals surface area contributed by atoms with Crippen molar-refractivity contribution in [2.24, 2.45) is 5.73 Å². The minimum atomic E-state index is -0.993. The molecular formula is C10H11BrFNO2. The average molecular weight is 276 g/mol. The summed E-state index contributed by atoms with van der Waals surface area (Å²) < 4.78 is 18.1. The molecule has 0 saturated heterocycles. The van der Waals surface area contributed by atoms with E-state index in [1.54, 1.807) is 6.92 Å². The number of ketones is 1. The number of nitrogens with two attached hydrogens (primary N) is 1. The molecule has 1 atom stereocenters. The zero-order valence-corrected chi connectivity index (χ0v) is 9.75. The van der Waals surface area contributed by atoms with Crippen LogP contribution in [0.1, 0.15) is 17.3 Å². The van der Waals surface area contributed by atoms with Crippen molar-refractivity contribution in [3.05, 3.63) is 34.1 Å². The van der Waals surface area contributed by atoms with Crippen molar-refractivity contribution < 1.29 is 13.9 Å². The van der Waals surface area contributed by atoms with Crippen LogP contribution >= 0.6 is 15.9 Å². The van der Waals surface area contributed by atoms with E-state index >= 15 is 0 Å². The molecule has 0 saturated carbocycles. The molecule has 0 spiro atoms. The molecule has 0 aliphatic rings. The Morgan fingerprint density at radius 2 is 2.33 bits per heavy atom. The smallest absolute Gasteiger partial charge is 0.206 e. The molecule has 2 N–H and O–H groups in total. The van der Waals surface area contributed by atoms with Gasteiger partial charge in [-0.25, -0.2) is 4.39 Å². The van der Waals surface area contributed by atoms with Gasteiger partial charge in [-0.05, 0) is 41.1 Å². The van der Waals surface area contributed by atoms with Gasteiger partial charge in [-0.2, -0.15) is 0 Å². The average Bonchev–Trinajstić information content (AvgIpc) is 2.21. The molecule has 0 aromatic heterocycles. The number of benzene rings is 1. The molecule has 0 heterocycles. The zero-order valence-electron chi connectivity index (χ0n) is 8.17. The van der Waals surface area contributed by atoms with Crippen molar-refractivity contribution in [2.75, 3.05) is 6.61 Å². The SMILES string of the molecule is CCOC(N)C(=O)c1ccc(F)c(Br)c1. The van der Waals surface area contributed by atoms with Gasteiger partial charge in [0.25, 0.3) is 0 Å². The summed E-state index contributed by atoms with van der Waals surface area (Å²) in [7, 11) is 0. The molecule has 5 heteroatoms. The lowest BCUT2D eigenvalue weighted by Gasteiger charge is -2.10. The van der Waals surface area contributed by atoms with E-state index in [2.05, 4.69) is 15.9 Å². The number of Topliss-reactive ketones (excluding diaryl/α,β-unsaturated/α-hetero) is 1. The number of hydrogen-bond donors (Lipinski definition) is 1. The van der Waals surface area contributed by atoms with E-state index in [-0.39, 0.29) is 10.3 Å². The van der Waals surface area contributed by atoms with Crippen molar-refractivity contribution in [3.8, 4) is 0 Å². The van der Waals surface area contributed by atoms with Crippen molar-refractivity contribution in [1.82, 2.24) is 0 Å². The van der Waals surface area contributed by atoms with Crippen LogP contribution in [0.4, 0.5) is 4.39 Å². The molecule has 0 aliphatic carbocycles. The zero-order chi connectivity index (χ0) is 11.4. The fourth-order valence-corrected chi connectivity index (χ4v) is 1.45. The Morgan fingerprint density at radius 1 is 1.67 bits per heavy atom. The summed E-state index contributed by atoms with van der Waals surface area (Å²) in [5.41, 5.74) is 5.79. The summed E-state index contributed by atoms with van der Waals surface area (Å²) in [5.74, 6) is -0.783. The van der Waals surface area contributed by atoms with Crippen molar-refractivity contribution in [1.29, 1.82) is 0 Å². The van der Waals surface area contributed by atoms with Crippen LogP contribution in [0.5, 0.6) is 0 Å². The second kappa shape index (κ2) is 5.34. The number of hydrogen-bond acceptors (Lipinski definition) is 3. The van der Waals surface area contributed by atoms with Gasteiger partial charge in [0.1, 0.15) is 5.82 Å². The molecular weight excluding hydrogens is 265 g/mol. The van der Waals surface area contributed by atoms with Gasteiger partial charge < -0.3 is 4.74 Å². The molecule has 3 nitrogen and oxygen atoms in total. The fraction of sp³-hybridized carbons (Fsp3) is 0.300. The Labute approximate surface area is 95.5 Å². The number of carbonyl (C=O) groups excluding carboxylic acids is 1. The minimum Gasteiger partial charge on any atom is -0.356 e. The van der Waals surface area contributed by atoms with Crippen LogP contribution in [0.2, 0.25) is 0 Å². The van der Waals surface area contributed by atoms with Crippen LogP contribution in [0.3, 0.4) is 0 Å². The molecule has 1 unspecified atom stereocenters. The van der Waals surface area contributed by atoms with E-state index in [1.807, 2.05) is 0 Å². The van der Waals surface area contributed by atoms with Crippen LogP contribution in [0.15, 0.2) is 22.7 Å². The summed E-state index contributed by atoms with van der Waals surface area (Å²) in [4.78, 5) is 11.6. The first kappa shape index (κ1) is 12.3. The number of rotatable bonds is 4. The first-order valence-electron chi connectivity index (χ1n) is 4.42. The second-order valence-corrected chi connectivity index (χ2v) is 3.72. The van der Waals surface area contributed by atoms with E-state index in [1.165, 1.54) is 18.2 Å². The molecule has 1 aromatic rings. The molecule has 0 radical (unpaired) electrons. The van der Waals surface area contributed by atoms with Crippen LogP contribution in [0.25, 0.3) is 0 Å². The Hall–Kier alpha value is -0.780. The monoisotopic (exact) mass is 275 g/mol. The van der Waals surface area contributed by atoms with E-state index in [4.69, 9.17) is 10.5 Å². The normalized spacial score (nSPS) is 12.5. The molecule has 0 bridgehead atoms. The Balaban J connectivity index is 2.87. The molecule has 82 valence electrons. The first-order chi connectivity index (χ1) is 7.06. The topological polar surface area (TPSA) is 52.3 Å².